The van der Waals surface area contributed by atoms with Crippen LogP contribution >= 0.6 is 11.6 Å². The molecule has 0 aliphatic carbocycles. The lowest BCUT2D eigenvalue weighted by atomic mass is 10.1. The molecule has 0 saturated heterocycles. The molecule has 1 heterocycles. The molecule has 146 valence electrons. The van der Waals surface area contributed by atoms with Crippen LogP contribution in [-0.2, 0) is 17.9 Å². The van der Waals surface area contributed by atoms with Gasteiger partial charge in [0.2, 0.25) is 5.91 Å². The highest BCUT2D eigenvalue weighted by Gasteiger charge is 2.26. The maximum Gasteiger partial charge on any atom is 0.245 e. The highest BCUT2D eigenvalue weighted by molar-refractivity contribution is 6.30. The summed E-state index contributed by atoms with van der Waals surface area (Å²) in [6, 6.07) is 22.2. The molecule has 28 heavy (non-hydrogen) atoms. The normalized spacial score (nSPS) is 12.2. The van der Waals surface area contributed by atoms with Crippen molar-refractivity contribution in [3.8, 4) is 0 Å². The molecule has 0 saturated carbocycles. The number of hydrogen-bond donors (Lipinski definition) is 0. The number of hydrogen-bond acceptors (Lipinski definition) is 1. The lowest BCUT2D eigenvalue weighted by molar-refractivity contribution is -0.133. The summed E-state index contributed by atoms with van der Waals surface area (Å²) < 4.78 is 2.20. The Morgan fingerprint density at radius 2 is 1.79 bits per heavy atom. The van der Waals surface area contributed by atoms with Gasteiger partial charge in [0.05, 0.1) is 6.54 Å². The Kier molecular flexibility index (Phi) is 6.58. The standard InChI is InChI=1S/C24H27ClN2O/c1-18(2)27(24(28)23(25)21-11-5-4-6-12-21)17-22-13-8-14-26(22)16-20-10-7-9-19(3)15-20/h4-15,18,23H,16-17H2,1-3H3. The van der Waals surface area contributed by atoms with Gasteiger partial charge in [-0.2, -0.15) is 0 Å². The van der Waals surface area contributed by atoms with Gasteiger partial charge in [-0.25, -0.2) is 0 Å². The third-order valence-corrected chi connectivity index (χ3v) is 5.35. The van der Waals surface area contributed by atoms with E-state index in [2.05, 4.69) is 48.0 Å². The van der Waals surface area contributed by atoms with Gasteiger partial charge in [0.15, 0.2) is 0 Å². The van der Waals surface area contributed by atoms with Crippen molar-refractivity contribution in [3.63, 3.8) is 0 Å². The molecular weight excluding hydrogens is 368 g/mol. The summed E-state index contributed by atoms with van der Waals surface area (Å²) in [6.45, 7) is 7.47. The molecule has 1 atom stereocenters. The Balaban J connectivity index is 1.78. The fourth-order valence-electron chi connectivity index (χ4n) is 3.35. The summed E-state index contributed by atoms with van der Waals surface area (Å²) in [5.74, 6) is -0.0637. The minimum absolute atomic E-state index is 0.0554. The van der Waals surface area contributed by atoms with E-state index in [9.17, 15) is 4.79 Å². The molecule has 2 aromatic carbocycles. The molecular formula is C24H27ClN2O. The number of aryl methyl sites for hydroxylation is 1. The molecule has 3 nitrogen and oxygen atoms in total. The van der Waals surface area contributed by atoms with E-state index in [1.807, 2.05) is 55.1 Å². The van der Waals surface area contributed by atoms with Crippen LogP contribution in [0.1, 0.15) is 41.6 Å². The van der Waals surface area contributed by atoms with E-state index in [0.29, 0.717) is 6.54 Å². The third-order valence-electron chi connectivity index (χ3n) is 4.91. The van der Waals surface area contributed by atoms with Gasteiger partial charge in [-0.15, -0.1) is 11.6 Å². The van der Waals surface area contributed by atoms with E-state index in [1.54, 1.807) is 0 Å². The summed E-state index contributed by atoms with van der Waals surface area (Å²) in [6.07, 6.45) is 2.07. The highest BCUT2D eigenvalue weighted by atomic mass is 35.5. The first-order chi connectivity index (χ1) is 13.5. The molecule has 3 rings (SSSR count). The first-order valence-corrected chi connectivity index (χ1v) is 10.1. The van der Waals surface area contributed by atoms with Gasteiger partial charge in [0.25, 0.3) is 0 Å². The minimum Gasteiger partial charge on any atom is -0.345 e. The van der Waals surface area contributed by atoms with Crippen LogP contribution in [0.15, 0.2) is 72.9 Å². The Morgan fingerprint density at radius 3 is 2.46 bits per heavy atom. The molecule has 0 fully saturated rings. The smallest absolute Gasteiger partial charge is 0.245 e. The Labute approximate surface area is 172 Å². The molecule has 4 heteroatoms. The Bertz CT molecular complexity index is 917. The molecule has 0 radical (unpaired) electrons. The minimum atomic E-state index is -0.677. The first kappa shape index (κ1) is 20.2. The molecule has 1 aromatic heterocycles. The average molecular weight is 395 g/mol. The number of halogens is 1. The summed E-state index contributed by atoms with van der Waals surface area (Å²) in [5, 5.41) is -0.677. The molecule has 0 aliphatic heterocycles. The zero-order chi connectivity index (χ0) is 20.1. The Hall–Kier alpha value is -2.52. The quantitative estimate of drug-likeness (QED) is 0.481. The molecule has 0 bridgehead atoms. The number of benzene rings is 2. The van der Waals surface area contributed by atoms with Crippen molar-refractivity contribution in [2.45, 2.75) is 45.3 Å². The van der Waals surface area contributed by atoms with Crippen LogP contribution in [0.3, 0.4) is 0 Å². The van der Waals surface area contributed by atoms with Crippen molar-refractivity contribution in [1.82, 2.24) is 9.47 Å². The second-order valence-corrected chi connectivity index (χ2v) is 7.89. The highest BCUT2D eigenvalue weighted by Crippen LogP contribution is 2.25. The van der Waals surface area contributed by atoms with Crippen molar-refractivity contribution in [2.75, 3.05) is 0 Å². The van der Waals surface area contributed by atoms with Crippen molar-refractivity contribution in [3.05, 3.63) is 95.3 Å². The van der Waals surface area contributed by atoms with Crippen LogP contribution in [0.25, 0.3) is 0 Å². The maximum absolute atomic E-state index is 13.1. The van der Waals surface area contributed by atoms with E-state index in [0.717, 1.165) is 17.8 Å². The van der Waals surface area contributed by atoms with Gasteiger partial charge in [0.1, 0.15) is 5.38 Å². The summed E-state index contributed by atoms with van der Waals surface area (Å²) >= 11 is 6.52. The lowest BCUT2D eigenvalue weighted by Crippen LogP contribution is -2.39. The van der Waals surface area contributed by atoms with Crippen LogP contribution in [0.5, 0.6) is 0 Å². The first-order valence-electron chi connectivity index (χ1n) is 9.64. The number of alkyl halides is 1. The predicted octanol–water partition coefficient (Wildman–Crippen LogP) is 5.56. The molecule has 3 aromatic rings. The van der Waals surface area contributed by atoms with Gasteiger partial charge < -0.3 is 9.47 Å². The molecule has 0 aliphatic rings. The number of carbonyl (C=O) groups excluding carboxylic acids is 1. The SMILES string of the molecule is Cc1cccc(Cn2cccc2CN(C(=O)C(Cl)c2ccccc2)C(C)C)c1. The van der Waals surface area contributed by atoms with Gasteiger partial charge in [-0.1, -0.05) is 60.2 Å². The third kappa shape index (κ3) is 4.85. The number of rotatable bonds is 7. The van der Waals surface area contributed by atoms with Crippen LogP contribution in [-0.4, -0.2) is 21.4 Å². The van der Waals surface area contributed by atoms with Crippen LogP contribution in [0, 0.1) is 6.92 Å². The fraction of sp³-hybridized carbons (Fsp3) is 0.292. The van der Waals surface area contributed by atoms with E-state index >= 15 is 0 Å². The zero-order valence-corrected chi connectivity index (χ0v) is 17.4. The molecule has 1 amide bonds. The topological polar surface area (TPSA) is 25.2 Å². The van der Waals surface area contributed by atoms with Crippen molar-refractivity contribution in [2.24, 2.45) is 0 Å². The predicted molar refractivity (Wildman–Crippen MR) is 115 cm³/mol. The monoisotopic (exact) mass is 394 g/mol. The number of amides is 1. The molecule has 1 unspecified atom stereocenters. The van der Waals surface area contributed by atoms with E-state index in [-0.39, 0.29) is 11.9 Å². The summed E-state index contributed by atoms with van der Waals surface area (Å²) in [7, 11) is 0. The molecule has 0 spiro atoms. The average Bonchev–Trinajstić information content (AvgIpc) is 3.12. The van der Waals surface area contributed by atoms with Crippen molar-refractivity contribution >= 4 is 17.5 Å². The van der Waals surface area contributed by atoms with Gasteiger partial charge in [-0.05, 0) is 44.0 Å². The number of nitrogens with zero attached hydrogens (tertiary/aromatic N) is 2. The van der Waals surface area contributed by atoms with E-state index in [1.165, 1.54) is 11.1 Å². The van der Waals surface area contributed by atoms with E-state index < -0.39 is 5.38 Å². The maximum atomic E-state index is 13.1. The van der Waals surface area contributed by atoms with E-state index in [4.69, 9.17) is 11.6 Å². The van der Waals surface area contributed by atoms with Gasteiger partial charge >= 0.3 is 0 Å². The molecule has 0 N–H and O–H groups in total. The number of aromatic nitrogens is 1. The second-order valence-electron chi connectivity index (χ2n) is 7.45. The van der Waals surface area contributed by atoms with Crippen molar-refractivity contribution in [1.29, 1.82) is 0 Å². The van der Waals surface area contributed by atoms with Gasteiger partial charge in [0, 0.05) is 24.5 Å². The zero-order valence-electron chi connectivity index (χ0n) is 16.7. The van der Waals surface area contributed by atoms with Gasteiger partial charge in [-0.3, -0.25) is 4.79 Å². The fourth-order valence-corrected chi connectivity index (χ4v) is 3.62. The largest absolute Gasteiger partial charge is 0.345 e. The Morgan fingerprint density at radius 1 is 1.04 bits per heavy atom. The number of carbonyl (C=O) groups is 1. The van der Waals surface area contributed by atoms with Crippen molar-refractivity contribution < 1.29 is 4.79 Å². The van der Waals surface area contributed by atoms with Crippen LogP contribution < -0.4 is 0 Å². The lowest BCUT2D eigenvalue weighted by Gasteiger charge is -2.29. The summed E-state index contributed by atoms with van der Waals surface area (Å²) in [4.78, 5) is 15.0. The van der Waals surface area contributed by atoms with Crippen LogP contribution in [0.4, 0.5) is 0 Å². The second kappa shape index (κ2) is 9.11. The van der Waals surface area contributed by atoms with Crippen LogP contribution in [0.2, 0.25) is 0 Å². The summed E-state index contributed by atoms with van der Waals surface area (Å²) in [5.41, 5.74) is 4.42.